The van der Waals surface area contributed by atoms with Gasteiger partial charge in [-0.1, -0.05) is 30.3 Å². The van der Waals surface area contributed by atoms with Crippen LogP contribution in [0.3, 0.4) is 0 Å². The van der Waals surface area contributed by atoms with Crippen LogP contribution in [0.4, 0.5) is 0 Å². The van der Waals surface area contributed by atoms with E-state index >= 15 is 0 Å². The Morgan fingerprint density at radius 2 is 1.88 bits per heavy atom. The lowest BCUT2D eigenvalue weighted by atomic mass is 9.97. The van der Waals surface area contributed by atoms with Crippen LogP contribution in [0.5, 0.6) is 0 Å². The highest BCUT2D eigenvalue weighted by molar-refractivity contribution is 5.96. The summed E-state index contributed by atoms with van der Waals surface area (Å²) in [5.41, 5.74) is 1.34. The molecule has 24 heavy (non-hydrogen) atoms. The van der Waals surface area contributed by atoms with E-state index in [-0.39, 0.29) is 18.8 Å². The normalized spacial score (nSPS) is 16.0. The summed E-state index contributed by atoms with van der Waals surface area (Å²) in [5.74, 6) is -0.192. The zero-order valence-electron chi connectivity index (χ0n) is 14.4. The quantitative estimate of drug-likeness (QED) is 0.513. The first-order valence-corrected chi connectivity index (χ1v) is 8.68. The van der Waals surface area contributed by atoms with Crippen LogP contribution in [0.25, 0.3) is 0 Å². The van der Waals surface area contributed by atoms with Crippen molar-refractivity contribution in [2.24, 2.45) is 5.92 Å². The van der Waals surface area contributed by atoms with E-state index in [1.165, 1.54) is 5.56 Å². The molecule has 1 heterocycles. The van der Waals surface area contributed by atoms with Crippen molar-refractivity contribution in [1.29, 1.82) is 0 Å². The number of ketones is 1. The van der Waals surface area contributed by atoms with Crippen LogP contribution in [0.15, 0.2) is 30.3 Å². The Balaban J connectivity index is 1.58. The summed E-state index contributed by atoms with van der Waals surface area (Å²) in [6.07, 6.45) is 1.97. The monoisotopic (exact) mass is 333 g/mol. The van der Waals surface area contributed by atoms with Gasteiger partial charge in [0.25, 0.3) is 0 Å². The van der Waals surface area contributed by atoms with Crippen LogP contribution >= 0.6 is 0 Å². The number of piperidine rings is 1. The van der Waals surface area contributed by atoms with Gasteiger partial charge in [0, 0.05) is 6.54 Å². The second kappa shape index (κ2) is 10.2. The predicted octanol–water partition coefficient (Wildman–Crippen LogP) is 2.44. The molecule has 0 spiro atoms. The second-order valence-corrected chi connectivity index (χ2v) is 6.24. The molecule has 132 valence electrons. The Kier molecular flexibility index (Phi) is 7.92. The molecule has 0 saturated carbocycles. The zero-order chi connectivity index (χ0) is 17.2. The van der Waals surface area contributed by atoms with E-state index in [2.05, 4.69) is 29.2 Å². The number of likely N-dealkylation sites (tertiary alicyclic amines) is 1. The van der Waals surface area contributed by atoms with Crippen molar-refractivity contribution in [3.8, 4) is 0 Å². The van der Waals surface area contributed by atoms with Gasteiger partial charge in [-0.15, -0.1) is 0 Å². The summed E-state index contributed by atoms with van der Waals surface area (Å²) in [5, 5.41) is 0. The molecule has 1 aromatic carbocycles. The first kappa shape index (κ1) is 18.6. The van der Waals surface area contributed by atoms with Gasteiger partial charge in [0.15, 0.2) is 5.78 Å². The SMILES string of the molecule is CCOC(=O)CC(=O)COCC1CCN(Cc2ccccc2)CC1. The zero-order valence-corrected chi connectivity index (χ0v) is 14.4. The number of rotatable bonds is 9. The lowest BCUT2D eigenvalue weighted by Crippen LogP contribution is -2.34. The molecule has 0 aromatic heterocycles. The number of hydrogen-bond acceptors (Lipinski definition) is 5. The van der Waals surface area contributed by atoms with E-state index in [4.69, 9.17) is 9.47 Å². The summed E-state index contributed by atoms with van der Waals surface area (Å²) in [6, 6.07) is 10.5. The van der Waals surface area contributed by atoms with Crippen LogP contribution in [0.2, 0.25) is 0 Å². The molecule has 0 atom stereocenters. The molecule has 2 rings (SSSR count). The Bertz CT molecular complexity index is 509. The molecular weight excluding hydrogens is 306 g/mol. The van der Waals surface area contributed by atoms with Gasteiger partial charge in [-0.05, 0) is 44.3 Å². The maximum atomic E-state index is 11.6. The molecule has 0 unspecified atom stereocenters. The summed E-state index contributed by atoms with van der Waals surface area (Å²) < 4.78 is 10.2. The summed E-state index contributed by atoms with van der Waals surface area (Å²) >= 11 is 0. The maximum Gasteiger partial charge on any atom is 0.313 e. The molecular formula is C19H27NO4. The first-order valence-electron chi connectivity index (χ1n) is 8.68. The number of ether oxygens (including phenoxy) is 2. The molecule has 1 aliphatic heterocycles. The van der Waals surface area contributed by atoms with Gasteiger partial charge in [0.1, 0.15) is 13.0 Å². The van der Waals surface area contributed by atoms with Crippen LogP contribution in [0, 0.1) is 5.92 Å². The minimum atomic E-state index is -0.472. The largest absolute Gasteiger partial charge is 0.466 e. The van der Waals surface area contributed by atoms with Crippen LogP contribution in [-0.2, 0) is 25.6 Å². The number of nitrogens with zero attached hydrogens (tertiary/aromatic N) is 1. The minimum Gasteiger partial charge on any atom is -0.466 e. The van der Waals surface area contributed by atoms with E-state index in [1.807, 2.05) is 6.07 Å². The summed E-state index contributed by atoms with van der Waals surface area (Å²) in [4.78, 5) is 25.2. The molecule has 1 saturated heterocycles. The average molecular weight is 333 g/mol. The minimum absolute atomic E-state index is 0.00302. The second-order valence-electron chi connectivity index (χ2n) is 6.24. The van der Waals surface area contributed by atoms with E-state index in [0.717, 1.165) is 32.5 Å². The molecule has 1 aromatic rings. The van der Waals surface area contributed by atoms with Crippen molar-refractivity contribution in [1.82, 2.24) is 4.90 Å². The fourth-order valence-electron chi connectivity index (χ4n) is 2.92. The first-order chi connectivity index (χ1) is 11.7. The van der Waals surface area contributed by atoms with E-state index in [0.29, 0.717) is 19.1 Å². The molecule has 0 aliphatic carbocycles. The van der Waals surface area contributed by atoms with Crippen LogP contribution in [0.1, 0.15) is 31.7 Å². The molecule has 1 fully saturated rings. The molecule has 0 bridgehead atoms. The number of benzene rings is 1. The van der Waals surface area contributed by atoms with Crippen molar-refractivity contribution in [3.05, 3.63) is 35.9 Å². The number of carbonyl (C=O) groups is 2. The number of Topliss-reactive ketones (excluding diaryl/α,β-unsaturated/α-hetero) is 1. The Labute approximate surface area is 143 Å². The molecule has 0 radical (unpaired) electrons. The summed E-state index contributed by atoms with van der Waals surface area (Å²) in [7, 11) is 0. The molecule has 0 N–H and O–H groups in total. The van der Waals surface area contributed by atoms with Crippen molar-refractivity contribution in [2.75, 3.05) is 32.9 Å². The lowest BCUT2D eigenvalue weighted by Gasteiger charge is -2.31. The third-order valence-electron chi connectivity index (χ3n) is 4.22. The predicted molar refractivity (Wildman–Crippen MR) is 91.5 cm³/mol. The van der Waals surface area contributed by atoms with Crippen LogP contribution in [-0.4, -0.2) is 49.6 Å². The third-order valence-corrected chi connectivity index (χ3v) is 4.22. The van der Waals surface area contributed by atoms with Crippen molar-refractivity contribution < 1.29 is 19.1 Å². The average Bonchev–Trinajstić information content (AvgIpc) is 2.57. The van der Waals surface area contributed by atoms with E-state index in [1.54, 1.807) is 6.92 Å². The fourth-order valence-corrected chi connectivity index (χ4v) is 2.92. The maximum absolute atomic E-state index is 11.6. The van der Waals surface area contributed by atoms with Gasteiger partial charge < -0.3 is 9.47 Å². The topological polar surface area (TPSA) is 55.8 Å². The fraction of sp³-hybridized carbons (Fsp3) is 0.579. The smallest absolute Gasteiger partial charge is 0.313 e. The number of hydrogen-bond donors (Lipinski definition) is 0. The van der Waals surface area contributed by atoms with Gasteiger partial charge in [-0.25, -0.2) is 0 Å². The van der Waals surface area contributed by atoms with Crippen molar-refractivity contribution in [3.63, 3.8) is 0 Å². The Morgan fingerprint density at radius 1 is 1.17 bits per heavy atom. The van der Waals surface area contributed by atoms with E-state index in [9.17, 15) is 9.59 Å². The Morgan fingerprint density at radius 3 is 2.54 bits per heavy atom. The van der Waals surface area contributed by atoms with Gasteiger partial charge in [-0.3, -0.25) is 14.5 Å². The highest BCUT2D eigenvalue weighted by atomic mass is 16.5. The van der Waals surface area contributed by atoms with Gasteiger partial charge in [0.05, 0.1) is 13.2 Å². The molecule has 5 heteroatoms. The van der Waals surface area contributed by atoms with Crippen LogP contribution < -0.4 is 0 Å². The van der Waals surface area contributed by atoms with Crippen molar-refractivity contribution >= 4 is 11.8 Å². The molecule has 5 nitrogen and oxygen atoms in total. The highest BCUT2D eigenvalue weighted by Gasteiger charge is 2.20. The lowest BCUT2D eigenvalue weighted by molar-refractivity contribution is -0.146. The van der Waals surface area contributed by atoms with Crippen molar-refractivity contribution in [2.45, 2.75) is 32.7 Å². The highest BCUT2D eigenvalue weighted by Crippen LogP contribution is 2.19. The number of esters is 1. The molecule has 1 aliphatic rings. The number of carbonyl (C=O) groups excluding carboxylic acids is 2. The third kappa shape index (κ3) is 6.81. The molecule has 0 amide bonds. The van der Waals surface area contributed by atoms with Gasteiger partial charge >= 0.3 is 5.97 Å². The van der Waals surface area contributed by atoms with E-state index < -0.39 is 5.97 Å². The van der Waals surface area contributed by atoms with Gasteiger partial charge in [-0.2, -0.15) is 0 Å². The summed E-state index contributed by atoms with van der Waals surface area (Å²) in [6.45, 7) is 5.72. The standard InChI is InChI=1S/C19H27NO4/c1-2-24-19(22)12-18(21)15-23-14-17-8-10-20(11-9-17)13-16-6-4-3-5-7-16/h3-7,17H,2,8-15H2,1H3. The Hall–Kier alpha value is -1.72. The van der Waals surface area contributed by atoms with Gasteiger partial charge in [0.2, 0.25) is 0 Å².